The van der Waals surface area contributed by atoms with Gasteiger partial charge in [0.1, 0.15) is 0 Å². The Morgan fingerprint density at radius 2 is 1.96 bits per heavy atom. The van der Waals surface area contributed by atoms with Gasteiger partial charge in [0.05, 0.1) is 0 Å². The van der Waals surface area contributed by atoms with Crippen molar-refractivity contribution in [2.45, 2.75) is 18.8 Å². The van der Waals surface area contributed by atoms with Crippen LogP contribution in [0.15, 0.2) is 57.7 Å². The molecule has 3 heterocycles. The SMILES string of the molecule is O=C(C=Cc1ccccc1)N1CCC(c2nnc(-c3ccsc3)o2)CC1. The number of hydrogen-bond acceptors (Lipinski definition) is 5. The van der Waals surface area contributed by atoms with Crippen LogP contribution in [0, 0.1) is 0 Å². The van der Waals surface area contributed by atoms with Gasteiger partial charge in [0, 0.05) is 36.0 Å². The highest BCUT2D eigenvalue weighted by Crippen LogP contribution is 2.30. The molecule has 1 aliphatic rings. The van der Waals surface area contributed by atoms with E-state index in [1.165, 1.54) is 0 Å². The molecule has 0 unspecified atom stereocenters. The minimum Gasteiger partial charge on any atom is -0.420 e. The van der Waals surface area contributed by atoms with Gasteiger partial charge in [0.15, 0.2) is 0 Å². The maximum absolute atomic E-state index is 12.4. The van der Waals surface area contributed by atoms with E-state index in [1.807, 2.05) is 58.1 Å². The first kappa shape index (κ1) is 16.7. The average Bonchev–Trinajstić information content (AvgIpc) is 3.38. The van der Waals surface area contributed by atoms with Gasteiger partial charge >= 0.3 is 0 Å². The van der Waals surface area contributed by atoms with Gasteiger partial charge in [-0.05, 0) is 35.9 Å². The molecule has 26 heavy (non-hydrogen) atoms. The quantitative estimate of drug-likeness (QED) is 0.650. The Labute approximate surface area is 156 Å². The van der Waals surface area contributed by atoms with Gasteiger partial charge in [-0.25, -0.2) is 0 Å². The number of rotatable bonds is 4. The minimum absolute atomic E-state index is 0.0526. The third-order valence-electron chi connectivity index (χ3n) is 4.58. The van der Waals surface area contributed by atoms with Crippen LogP contribution in [0.1, 0.15) is 30.2 Å². The van der Waals surface area contributed by atoms with E-state index >= 15 is 0 Å². The monoisotopic (exact) mass is 365 g/mol. The number of amides is 1. The van der Waals surface area contributed by atoms with Crippen LogP contribution in [0.3, 0.4) is 0 Å². The summed E-state index contributed by atoms with van der Waals surface area (Å²) in [5.74, 6) is 1.53. The van der Waals surface area contributed by atoms with Crippen LogP contribution in [0.5, 0.6) is 0 Å². The van der Waals surface area contributed by atoms with E-state index in [0.717, 1.165) is 24.0 Å². The number of carbonyl (C=O) groups excluding carboxylic acids is 1. The molecule has 1 amide bonds. The topological polar surface area (TPSA) is 59.2 Å². The molecule has 0 spiro atoms. The Morgan fingerprint density at radius 3 is 2.69 bits per heavy atom. The molecule has 0 N–H and O–H groups in total. The number of benzene rings is 1. The summed E-state index contributed by atoms with van der Waals surface area (Å²) >= 11 is 1.61. The number of hydrogen-bond donors (Lipinski definition) is 0. The molecule has 132 valence electrons. The molecule has 0 aliphatic carbocycles. The molecule has 1 aliphatic heterocycles. The van der Waals surface area contributed by atoms with Crippen molar-refractivity contribution in [1.29, 1.82) is 0 Å². The van der Waals surface area contributed by atoms with Gasteiger partial charge < -0.3 is 9.32 Å². The highest BCUT2D eigenvalue weighted by Gasteiger charge is 2.26. The van der Waals surface area contributed by atoms with Gasteiger partial charge in [0.2, 0.25) is 17.7 Å². The number of thiophene rings is 1. The zero-order chi connectivity index (χ0) is 17.8. The smallest absolute Gasteiger partial charge is 0.248 e. The van der Waals surface area contributed by atoms with E-state index in [2.05, 4.69) is 10.2 Å². The molecule has 1 saturated heterocycles. The minimum atomic E-state index is 0.0526. The van der Waals surface area contributed by atoms with E-state index in [9.17, 15) is 4.79 Å². The van der Waals surface area contributed by atoms with E-state index < -0.39 is 0 Å². The summed E-state index contributed by atoms with van der Waals surface area (Å²) in [5.41, 5.74) is 2.00. The summed E-state index contributed by atoms with van der Waals surface area (Å²) in [6, 6.07) is 11.8. The molecule has 0 bridgehead atoms. The molecular weight excluding hydrogens is 346 g/mol. The Morgan fingerprint density at radius 1 is 1.15 bits per heavy atom. The predicted octanol–water partition coefficient (Wildman–Crippen LogP) is 4.22. The summed E-state index contributed by atoms with van der Waals surface area (Å²) in [4.78, 5) is 14.2. The molecule has 1 fully saturated rings. The second kappa shape index (κ2) is 7.66. The van der Waals surface area contributed by atoms with Crippen LogP contribution >= 0.6 is 11.3 Å². The summed E-state index contributed by atoms with van der Waals surface area (Å²) in [7, 11) is 0. The normalized spacial score (nSPS) is 15.6. The molecule has 5 nitrogen and oxygen atoms in total. The Hall–Kier alpha value is -2.73. The fourth-order valence-electron chi connectivity index (χ4n) is 3.09. The lowest BCUT2D eigenvalue weighted by molar-refractivity contribution is -0.127. The standard InChI is InChI=1S/C20H19N3O2S/c24-18(7-6-15-4-2-1-3-5-15)23-11-8-16(9-12-23)19-21-22-20(25-19)17-10-13-26-14-17/h1-7,10,13-14,16H,8-9,11-12H2. The van der Waals surface area contributed by atoms with Gasteiger partial charge in [0.25, 0.3) is 0 Å². The molecule has 2 aromatic heterocycles. The second-order valence-corrected chi connectivity index (χ2v) is 7.08. The zero-order valence-electron chi connectivity index (χ0n) is 14.2. The summed E-state index contributed by atoms with van der Waals surface area (Å²) in [6.45, 7) is 1.41. The average molecular weight is 365 g/mol. The molecule has 3 aromatic rings. The van der Waals surface area contributed by atoms with Gasteiger partial charge in [-0.2, -0.15) is 11.3 Å². The van der Waals surface area contributed by atoms with Crippen LogP contribution < -0.4 is 0 Å². The van der Waals surface area contributed by atoms with E-state index in [-0.39, 0.29) is 11.8 Å². The maximum Gasteiger partial charge on any atom is 0.248 e. The number of piperidine rings is 1. The summed E-state index contributed by atoms with van der Waals surface area (Å²) in [5, 5.41) is 12.4. The Bertz CT molecular complexity index is 879. The van der Waals surface area contributed by atoms with Crippen LogP contribution in [0.2, 0.25) is 0 Å². The van der Waals surface area contributed by atoms with E-state index in [4.69, 9.17) is 4.42 Å². The Kier molecular flexibility index (Phi) is 4.93. The number of aromatic nitrogens is 2. The van der Waals surface area contributed by atoms with Crippen LogP contribution in [0.25, 0.3) is 17.5 Å². The lowest BCUT2D eigenvalue weighted by Gasteiger charge is -2.29. The molecule has 4 rings (SSSR count). The summed E-state index contributed by atoms with van der Waals surface area (Å²) < 4.78 is 5.84. The van der Waals surface area contributed by atoms with Crippen molar-refractivity contribution < 1.29 is 9.21 Å². The highest BCUT2D eigenvalue weighted by atomic mass is 32.1. The van der Waals surface area contributed by atoms with Crippen molar-refractivity contribution in [3.63, 3.8) is 0 Å². The lowest BCUT2D eigenvalue weighted by atomic mass is 9.97. The van der Waals surface area contributed by atoms with Crippen molar-refractivity contribution >= 4 is 23.3 Å². The fourth-order valence-corrected chi connectivity index (χ4v) is 3.72. The molecule has 1 aromatic carbocycles. The third-order valence-corrected chi connectivity index (χ3v) is 5.27. The lowest BCUT2D eigenvalue weighted by Crippen LogP contribution is -2.36. The number of carbonyl (C=O) groups is 1. The largest absolute Gasteiger partial charge is 0.420 e. The van der Waals surface area contributed by atoms with Crippen molar-refractivity contribution in [2.75, 3.05) is 13.1 Å². The number of nitrogens with zero attached hydrogens (tertiary/aromatic N) is 3. The van der Waals surface area contributed by atoms with Gasteiger partial charge in [-0.1, -0.05) is 30.3 Å². The molecule has 0 atom stereocenters. The van der Waals surface area contributed by atoms with Crippen LogP contribution in [-0.2, 0) is 4.79 Å². The van der Waals surface area contributed by atoms with Crippen molar-refractivity contribution in [3.05, 3.63) is 64.7 Å². The van der Waals surface area contributed by atoms with E-state index in [1.54, 1.807) is 17.4 Å². The van der Waals surface area contributed by atoms with Gasteiger partial charge in [-0.3, -0.25) is 4.79 Å². The first-order valence-corrected chi connectivity index (χ1v) is 9.62. The fraction of sp³-hybridized carbons (Fsp3) is 0.250. The first-order chi connectivity index (χ1) is 12.8. The van der Waals surface area contributed by atoms with Crippen LogP contribution in [-0.4, -0.2) is 34.1 Å². The third kappa shape index (κ3) is 3.75. The number of likely N-dealkylation sites (tertiary alicyclic amines) is 1. The summed E-state index contributed by atoms with van der Waals surface area (Å²) in [6.07, 6.45) is 5.20. The maximum atomic E-state index is 12.4. The van der Waals surface area contributed by atoms with Crippen molar-refractivity contribution in [1.82, 2.24) is 15.1 Å². The van der Waals surface area contributed by atoms with E-state index in [0.29, 0.717) is 24.9 Å². The van der Waals surface area contributed by atoms with Crippen LogP contribution in [0.4, 0.5) is 0 Å². The highest BCUT2D eigenvalue weighted by molar-refractivity contribution is 7.08. The molecule has 0 radical (unpaired) electrons. The molecular formula is C20H19N3O2S. The van der Waals surface area contributed by atoms with Crippen molar-refractivity contribution in [2.24, 2.45) is 0 Å². The Balaban J connectivity index is 1.34. The van der Waals surface area contributed by atoms with Gasteiger partial charge in [-0.15, -0.1) is 10.2 Å². The molecule has 6 heteroatoms. The second-order valence-electron chi connectivity index (χ2n) is 6.30. The molecule has 0 saturated carbocycles. The zero-order valence-corrected chi connectivity index (χ0v) is 15.1. The van der Waals surface area contributed by atoms with Crippen molar-refractivity contribution in [3.8, 4) is 11.5 Å². The predicted molar refractivity (Wildman–Crippen MR) is 102 cm³/mol. The first-order valence-electron chi connectivity index (χ1n) is 8.67.